The fourth-order valence-electron chi connectivity index (χ4n) is 4.11. The number of amides is 1. The van der Waals surface area contributed by atoms with Crippen LogP contribution in [0.15, 0.2) is 41.3 Å². The van der Waals surface area contributed by atoms with Crippen LogP contribution in [0.3, 0.4) is 0 Å². The summed E-state index contributed by atoms with van der Waals surface area (Å²) in [6.45, 7) is 5.95. The van der Waals surface area contributed by atoms with Crippen molar-refractivity contribution in [3.8, 4) is 6.07 Å². The van der Waals surface area contributed by atoms with Gasteiger partial charge in [0.2, 0.25) is 0 Å². The maximum atomic E-state index is 12.1. The van der Waals surface area contributed by atoms with Crippen LogP contribution in [0.25, 0.3) is 11.0 Å². The number of nitriles is 1. The molecule has 8 heteroatoms. The van der Waals surface area contributed by atoms with Gasteiger partial charge < -0.3 is 15.2 Å². The van der Waals surface area contributed by atoms with E-state index in [4.69, 9.17) is 0 Å². The molecule has 0 radical (unpaired) electrons. The second-order valence-electron chi connectivity index (χ2n) is 7.94. The number of pyridine rings is 2. The number of rotatable bonds is 5. The van der Waals surface area contributed by atoms with Gasteiger partial charge in [0.25, 0.3) is 11.5 Å². The van der Waals surface area contributed by atoms with Gasteiger partial charge in [-0.3, -0.25) is 19.5 Å². The standard InChI is InChI=1S/C24H26N6O2/c1-3-17-12-20-21(28-24(17)32)10-16(14-27-20)15-29-6-8-30(9-7-29)22-5-4-18(23(31)26-2)11-19(22)13-25/h4-5,10-12,14H,3,6-9,15H2,1-2H3,(H,26,31)(H,28,32). The minimum atomic E-state index is -0.200. The number of carbonyl (C=O) groups excluding carboxylic acids is 1. The number of anilines is 1. The Hall–Kier alpha value is -3.70. The Bertz CT molecular complexity index is 1250. The van der Waals surface area contributed by atoms with Crippen LogP contribution in [0, 0.1) is 11.3 Å². The molecule has 1 aliphatic heterocycles. The van der Waals surface area contributed by atoms with Crippen molar-refractivity contribution in [3.05, 3.63) is 69.1 Å². The first-order chi connectivity index (χ1) is 15.5. The first-order valence-corrected chi connectivity index (χ1v) is 10.8. The lowest BCUT2D eigenvalue weighted by Gasteiger charge is -2.36. The number of aromatic nitrogens is 2. The Labute approximate surface area is 186 Å². The fraction of sp³-hybridized carbons (Fsp3) is 0.333. The normalized spacial score (nSPS) is 14.3. The van der Waals surface area contributed by atoms with Crippen LogP contribution in [-0.2, 0) is 13.0 Å². The molecule has 0 unspecified atom stereocenters. The van der Waals surface area contributed by atoms with E-state index in [2.05, 4.69) is 31.2 Å². The van der Waals surface area contributed by atoms with Crippen LogP contribution >= 0.6 is 0 Å². The number of aryl methyl sites for hydroxylation is 1. The van der Waals surface area contributed by atoms with Gasteiger partial charge in [-0.15, -0.1) is 0 Å². The van der Waals surface area contributed by atoms with E-state index in [-0.39, 0.29) is 11.5 Å². The van der Waals surface area contributed by atoms with E-state index in [1.54, 1.807) is 19.2 Å². The van der Waals surface area contributed by atoms with Gasteiger partial charge >= 0.3 is 0 Å². The average molecular weight is 431 g/mol. The Morgan fingerprint density at radius 2 is 2.00 bits per heavy atom. The third-order valence-electron chi connectivity index (χ3n) is 5.93. The van der Waals surface area contributed by atoms with Gasteiger partial charge in [0.15, 0.2) is 0 Å². The first-order valence-electron chi connectivity index (χ1n) is 10.8. The van der Waals surface area contributed by atoms with Gasteiger partial charge in [0.05, 0.1) is 22.3 Å². The van der Waals surface area contributed by atoms with Crippen LogP contribution < -0.4 is 15.8 Å². The zero-order valence-corrected chi connectivity index (χ0v) is 18.3. The molecular formula is C24H26N6O2. The summed E-state index contributed by atoms with van der Waals surface area (Å²) < 4.78 is 0. The molecule has 1 aliphatic rings. The van der Waals surface area contributed by atoms with Gasteiger partial charge in [-0.25, -0.2) is 0 Å². The third kappa shape index (κ3) is 4.34. The summed E-state index contributed by atoms with van der Waals surface area (Å²) >= 11 is 0. The lowest BCUT2D eigenvalue weighted by Crippen LogP contribution is -2.46. The minimum absolute atomic E-state index is 0.0525. The number of nitrogens with one attached hydrogen (secondary N) is 2. The van der Waals surface area contributed by atoms with Gasteiger partial charge in [-0.05, 0) is 42.3 Å². The second kappa shape index (κ2) is 9.20. The lowest BCUT2D eigenvalue weighted by atomic mass is 10.1. The van der Waals surface area contributed by atoms with E-state index in [1.807, 2.05) is 31.3 Å². The molecule has 0 bridgehead atoms. The minimum Gasteiger partial charge on any atom is -0.368 e. The molecule has 0 aliphatic carbocycles. The van der Waals surface area contributed by atoms with E-state index in [0.717, 1.165) is 60.6 Å². The monoisotopic (exact) mass is 430 g/mol. The molecule has 164 valence electrons. The molecule has 1 saturated heterocycles. The summed E-state index contributed by atoms with van der Waals surface area (Å²) in [4.78, 5) is 36.0. The van der Waals surface area contributed by atoms with Crippen LogP contribution in [-0.4, -0.2) is 54.0 Å². The number of H-pyrrole nitrogens is 1. The summed E-state index contributed by atoms with van der Waals surface area (Å²) in [5.41, 5.74) is 5.16. The molecule has 0 saturated carbocycles. The Balaban J connectivity index is 1.44. The van der Waals surface area contributed by atoms with Crippen molar-refractivity contribution >= 4 is 22.6 Å². The SMILES string of the molecule is CCc1cc2ncc(CN3CCN(c4ccc(C(=O)NC)cc4C#N)CC3)cc2[nH]c1=O. The molecule has 3 aromatic rings. The molecule has 2 N–H and O–H groups in total. The molecule has 1 amide bonds. The summed E-state index contributed by atoms with van der Waals surface area (Å²) in [5.74, 6) is -0.200. The van der Waals surface area contributed by atoms with Crippen molar-refractivity contribution < 1.29 is 4.79 Å². The van der Waals surface area contributed by atoms with Gasteiger partial charge in [0.1, 0.15) is 6.07 Å². The predicted molar refractivity (Wildman–Crippen MR) is 124 cm³/mol. The quantitative estimate of drug-likeness (QED) is 0.642. The number of hydrogen-bond acceptors (Lipinski definition) is 6. The predicted octanol–water partition coefficient (Wildman–Crippen LogP) is 2.04. The van der Waals surface area contributed by atoms with E-state index >= 15 is 0 Å². The average Bonchev–Trinajstić information content (AvgIpc) is 2.83. The summed E-state index contributed by atoms with van der Waals surface area (Å²) in [6.07, 6.45) is 2.55. The number of piperazine rings is 1. The highest BCUT2D eigenvalue weighted by Gasteiger charge is 2.20. The van der Waals surface area contributed by atoms with Gasteiger partial charge in [-0.2, -0.15) is 5.26 Å². The van der Waals surface area contributed by atoms with Crippen molar-refractivity contribution in [1.29, 1.82) is 5.26 Å². The smallest absolute Gasteiger partial charge is 0.251 e. The molecule has 1 aromatic carbocycles. The van der Waals surface area contributed by atoms with E-state index in [0.29, 0.717) is 17.5 Å². The van der Waals surface area contributed by atoms with Gasteiger partial charge in [-0.1, -0.05) is 6.92 Å². The number of fused-ring (bicyclic) bond motifs is 1. The van der Waals surface area contributed by atoms with Crippen LogP contribution in [0.2, 0.25) is 0 Å². The molecule has 2 aromatic heterocycles. The highest BCUT2D eigenvalue weighted by atomic mass is 16.1. The summed E-state index contributed by atoms with van der Waals surface area (Å²) in [6, 6.07) is 11.3. The summed E-state index contributed by atoms with van der Waals surface area (Å²) in [7, 11) is 1.58. The van der Waals surface area contributed by atoms with E-state index < -0.39 is 0 Å². The van der Waals surface area contributed by atoms with E-state index in [1.165, 1.54) is 0 Å². The molecule has 32 heavy (non-hydrogen) atoms. The molecule has 8 nitrogen and oxygen atoms in total. The van der Waals surface area contributed by atoms with E-state index in [9.17, 15) is 14.9 Å². The van der Waals surface area contributed by atoms with Crippen LogP contribution in [0.4, 0.5) is 5.69 Å². The summed E-state index contributed by atoms with van der Waals surface area (Å²) in [5, 5.41) is 12.1. The molecule has 1 fully saturated rings. The van der Waals surface area contributed by atoms with Crippen molar-refractivity contribution in [2.45, 2.75) is 19.9 Å². The Morgan fingerprint density at radius 1 is 1.22 bits per heavy atom. The van der Waals surface area contributed by atoms with Crippen molar-refractivity contribution in [1.82, 2.24) is 20.2 Å². The zero-order chi connectivity index (χ0) is 22.7. The highest BCUT2D eigenvalue weighted by molar-refractivity contribution is 5.95. The van der Waals surface area contributed by atoms with Crippen LogP contribution in [0.5, 0.6) is 0 Å². The fourth-order valence-corrected chi connectivity index (χ4v) is 4.11. The number of benzene rings is 1. The van der Waals surface area contributed by atoms with Crippen molar-refractivity contribution in [2.24, 2.45) is 0 Å². The molecule has 3 heterocycles. The maximum Gasteiger partial charge on any atom is 0.251 e. The second-order valence-corrected chi connectivity index (χ2v) is 7.94. The number of hydrogen-bond donors (Lipinski definition) is 2. The molecule has 0 atom stereocenters. The van der Waals surface area contributed by atoms with Crippen molar-refractivity contribution in [2.75, 3.05) is 38.1 Å². The van der Waals surface area contributed by atoms with Crippen molar-refractivity contribution in [3.63, 3.8) is 0 Å². The number of aromatic amines is 1. The van der Waals surface area contributed by atoms with Crippen LogP contribution in [0.1, 0.15) is 34.0 Å². The number of carbonyl (C=O) groups is 1. The topological polar surface area (TPSA) is 105 Å². The largest absolute Gasteiger partial charge is 0.368 e. The Kier molecular flexibility index (Phi) is 6.19. The third-order valence-corrected chi connectivity index (χ3v) is 5.93. The lowest BCUT2D eigenvalue weighted by molar-refractivity contribution is 0.0963. The van der Waals surface area contributed by atoms with Gasteiger partial charge in [0, 0.05) is 57.1 Å². The first kappa shape index (κ1) is 21.5. The highest BCUT2D eigenvalue weighted by Crippen LogP contribution is 2.23. The Morgan fingerprint density at radius 3 is 2.69 bits per heavy atom. The molecule has 4 rings (SSSR count). The molecule has 0 spiro atoms. The number of nitrogens with zero attached hydrogens (tertiary/aromatic N) is 4. The maximum absolute atomic E-state index is 12.1. The molecular weight excluding hydrogens is 404 g/mol. The zero-order valence-electron chi connectivity index (χ0n) is 18.3.